The van der Waals surface area contributed by atoms with Crippen LogP contribution >= 0.6 is 0 Å². The molecule has 154 valence electrons. The maximum atomic E-state index is 13.6. The number of piperidine rings is 1. The van der Waals surface area contributed by atoms with Gasteiger partial charge in [0.2, 0.25) is 11.8 Å². The summed E-state index contributed by atoms with van der Waals surface area (Å²) in [5, 5.41) is 2.90. The molecule has 2 aromatic rings. The molecular weight excluding hydrogens is 371 g/mol. The summed E-state index contributed by atoms with van der Waals surface area (Å²) >= 11 is 0. The zero-order chi connectivity index (χ0) is 20.5. The van der Waals surface area contributed by atoms with Crippen molar-refractivity contribution in [2.45, 2.75) is 25.7 Å². The zero-order valence-electron chi connectivity index (χ0n) is 16.5. The topological polar surface area (TPSA) is 58.6 Å². The summed E-state index contributed by atoms with van der Waals surface area (Å²) in [6, 6.07) is 16.0. The van der Waals surface area contributed by atoms with Crippen LogP contribution in [0.15, 0.2) is 54.6 Å². The lowest BCUT2D eigenvalue weighted by Gasteiger charge is -2.31. The highest BCUT2D eigenvalue weighted by molar-refractivity contribution is 5.80. The summed E-state index contributed by atoms with van der Waals surface area (Å²) < 4.78 is 19.2. The van der Waals surface area contributed by atoms with E-state index >= 15 is 0 Å². The van der Waals surface area contributed by atoms with Crippen molar-refractivity contribution in [2.24, 2.45) is 5.92 Å². The van der Waals surface area contributed by atoms with Crippen LogP contribution in [-0.2, 0) is 16.0 Å². The van der Waals surface area contributed by atoms with Crippen LogP contribution in [0.1, 0.15) is 24.8 Å². The lowest BCUT2D eigenvalue weighted by Crippen LogP contribution is -2.43. The molecule has 2 aromatic carbocycles. The Morgan fingerprint density at radius 3 is 2.45 bits per heavy atom. The Labute approximate surface area is 170 Å². The van der Waals surface area contributed by atoms with Crippen LogP contribution in [0, 0.1) is 11.7 Å². The molecule has 1 aliphatic rings. The largest absolute Gasteiger partial charge is 0.493 e. The minimum Gasteiger partial charge on any atom is -0.493 e. The van der Waals surface area contributed by atoms with E-state index in [-0.39, 0.29) is 23.5 Å². The number of nitrogens with one attached hydrogen (secondary N) is 1. The number of hydrogen-bond acceptors (Lipinski definition) is 3. The third-order valence-corrected chi connectivity index (χ3v) is 5.20. The summed E-state index contributed by atoms with van der Waals surface area (Å²) in [6.45, 7) is 1.92. The number of amides is 2. The van der Waals surface area contributed by atoms with Gasteiger partial charge in [-0.25, -0.2) is 4.39 Å². The van der Waals surface area contributed by atoms with E-state index in [2.05, 4.69) is 5.32 Å². The minimum absolute atomic E-state index is 0.0131. The van der Waals surface area contributed by atoms with Crippen molar-refractivity contribution >= 4 is 11.8 Å². The molecule has 0 radical (unpaired) electrons. The molecule has 0 spiro atoms. The van der Waals surface area contributed by atoms with Crippen LogP contribution in [0.25, 0.3) is 0 Å². The number of halogens is 1. The smallest absolute Gasteiger partial charge is 0.225 e. The fourth-order valence-electron chi connectivity index (χ4n) is 3.49. The summed E-state index contributed by atoms with van der Waals surface area (Å²) in [5.74, 6) is 0.455. The predicted molar refractivity (Wildman–Crippen MR) is 109 cm³/mol. The van der Waals surface area contributed by atoms with E-state index in [1.165, 1.54) is 6.07 Å². The molecule has 2 amide bonds. The van der Waals surface area contributed by atoms with Crippen molar-refractivity contribution in [3.8, 4) is 5.75 Å². The van der Waals surface area contributed by atoms with E-state index in [1.54, 1.807) is 23.1 Å². The van der Waals surface area contributed by atoms with Gasteiger partial charge in [0.1, 0.15) is 11.6 Å². The van der Waals surface area contributed by atoms with E-state index in [9.17, 15) is 14.0 Å². The molecule has 0 unspecified atom stereocenters. The molecule has 0 aromatic heterocycles. The van der Waals surface area contributed by atoms with E-state index in [1.807, 2.05) is 30.3 Å². The molecule has 6 heteroatoms. The van der Waals surface area contributed by atoms with Gasteiger partial charge in [0.05, 0.1) is 13.0 Å². The maximum absolute atomic E-state index is 13.6. The predicted octanol–water partition coefficient (Wildman–Crippen LogP) is 3.19. The molecule has 0 saturated carbocycles. The highest BCUT2D eigenvalue weighted by Crippen LogP contribution is 2.18. The first-order valence-corrected chi connectivity index (χ1v) is 10.1. The molecule has 1 saturated heterocycles. The second kappa shape index (κ2) is 10.6. The molecule has 1 heterocycles. The molecular formula is C23H27FN2O3. The van der Waals surface area contributed by atoms with Crippen LogP contribution in [-0.4, -0.2) is 43.0 Å². The summed E-state index contributed by atoms with van der Waals surface area (Å²) in [4.78, 5) is 26.5. The number of nitrogens with zero attached hydrogens (tertiary/aromatic N) is 1. The maximum Gasteiger partial charge on any atom is 0.225 e. The number of carbonyl (C=O) groups is 2. The highest BCUT2D eigenvalue weighted by Gasteiger charge is 2.27. The minimum atomic E-state index is -0.246. The van der Waals surface area contributed by atoms with Crippen LogP contribution < -0.4 is 10.1 Å². The number of para-hydroxylation sites is 1. The van der Waals surface area contributed by atoms with Crippen LogP contribution in [0.2, 0.25) is 0 Å². The van der Waals surface area contributed by atoms with Gasteiger partial charge < -0.3 is 15.0 Å². The van der Waals surface area contributed by atoms with Crippen LogP contribution in [0.3, 0.4) is 0 Å². The normalized spacial score (nSPS) is 14.4. The average molecular weight is 398 g/mol. The van der Waals surface area contributed by atoms with Gasteiger partial charge in [0, 0.05) is 25.6 Å². The Morgan fingerprint density at radius 2 is 1.72 bits per heavy atom. The average Bonchev–Trinajstić information content (AvgIpc) is 2.76. The van der Waals surface area contributed by atoms with Crippen molar-refractivity contribution in [1.82, 2.24) is 10.2 Å². The van der Waals surface area contributed by atoms with Crippen LogP contribution in [0.5, 0.6) is 5.75 Å². The first kappa shape index (κ1) is 20.8. The van der Waals surface area contributed by atoms with Gasteiger partial charge in [-0.15, -0.1) is 0 Å². The molecule has 1 N–H and O–H groups in total. The van der Waals surface area contributed by atoms with Gasteiger partial charge in [-0.1, -0.05) is 36.4 Å². The fraction of sp³-hybridized carbons (Fsp3) is 0.391. The van der Waals surface area contributed by atoms with Crippen molar-refractivity contribution < 1.29 is 18.7 Å². The second-order valence-corrected chi connectivity index (χ2v) is 7.20. The molecule has 1 aliphatic heterocycles. The summed E-state index contributed by atoms with van der Waals surface area (Å²) in [6.07, 6.45) is 2.10. The molecule has 5 nitrogen and oxygen atoms in total. The zero-order valence-corrected chi connectivity index (χ0v) is 16.5. The van der Waals surface area contributed by atoms with Gasteiger partial charge in [0.25, 0.3) is 0 Å². The first-order valence-electron chi connectivity index (χ1n) is 10.1. The molecule has 0 bridgehead atoms. The Bertz CT molecular complexity index is 805. The van der Waals surface area contributed by atoms with Gasteiger partial charge in [-0.3, -0.25) is 9.59 Å². The fourth-order valence-corrected chi connectivity index (χ4v) is 3.49. The first-order chi connectivity index (χ1) is 14.1. The Hall–Kier alpha value is -2.89. The van der Waals surface area contributed by atoms with Crippen molar-refractivity contribution in [1.29, 1.82) is 0 Å². The number of benzene rings is 2. The molecule has 3 rings (SSSR count). The number of likely N-dealkylation sites (tertiary alicyclic amines) is 1. The van der Waals surface area contributed by atoms with Gasteiger partial charge >= 0.3 is 0 Å². The summed E-state index contributed by atoms with van der Waals surface area (Å²) in [5.41, 5.74) is 0.603. The van der Waals surface area contributed by atoms with Gasteiger partial charge in [-0.05, 0) is 43.0 Å². The number of hydrogen-bond donors (Lipinski definition) is 1. The Kier molecular flexibility index (Phi) is 7.61. The van der Waals surface area contributed by atoms with Crippen LogP contribution in [0.4, 0.5) is 4.39 Å². The third-order valence-electron chi connectivity index (χ3n) is 5.20. The van der Waals surface area contributed by atoms with E-state index in [4.69, 9.17) is 4.74 Å². The molecule has 29 heavy (non-hydrogen) atoms. The number of rotatable bonds is 8. The lowest BCUT2D eigenvalue weighted by atomic mass is 9.95. The third kappa shape index (κ3) is 6.31. The SMILES string of the molecule is O=C(NCCc1ccccc1F)C1CCN(C(=O)CCOc2ccccc2)CC1. The Balaban J connectivity index is 1.33. The Morgan fingerprint density at radius 1 is 1.03 bits per heavy atom. The van der Waals surface area contributed by atoms with E-state index in [0.29, 0.717) is 57.5 Å². The second-order valence-electron chi connectivity index (χ2n) is 7.20. The number of carbonyl (C=O) groups excluding carboxylic acids is 2. The molecule has 1 fully saturated rings. The van der Waals surface area contributed by atoms with E-state index in [0.717, 1.165) is 5.75 Å². The number of ether oxygens (including phenoxy) is 1. The standard InChI is InChI=1S/C23H27FN2O3/c24-21-9-5-4-6-18(21)10-14-25-23(28)19-11-15-26(16-12-19)22(27)13-17-29-20-7-2-1-3-8-20/h1-9,19H,10-17H2,(H,25,28). The monoisotopic (exact) mass is 398 g/mol. The molecule has 0 aliphatic carbocycles. The van der Waals surface area contributed by atoms with Gasteiger partial charge in [0.15, 0.2) is 0 Å². The van der Waals surface area contributed by atoms with Crippen molar-refractivity contribution in [3.63, 3.8) is 0 Å². The van der Waals surface area contributed by atoms with Crippen molar-refractivity contribution in [3.05, 3.63) is 66.0 Å². The highest BCUT2D eigenvalue weighted by atomic mass is 19.1. The molecule has 0 atom stereocenters. The van der Waals surface area contributed by atoms with Crippen molar-refractivity contribution in [2.75, 3.05) is 26.2 Å². The quantitative estimate of drug-likeness (QED) is 0.743. The summed E-state index contributed by atoms with van der Waals surface area (Å²) in [7, 11) is 0. The van der Waals surface area contributed by atoms with Gasteiger partial charge in [-0.2, -0.15) is 0 Å². The van der Waals surface area contributed by atoms with E-state index < -0.39 is 0 Å². The lowest BCUT2D eigenvalue weighted by molar-refractivity contribution is -0.136.